The zero-order valence-corrected chi connectivity index (χ0v) is 19.9. The molecule has 0 radical (unpaired) electrons. The fourth-order valence-electron chi connectivity index (χ4n) is 3.57. The van der Waals surface area contributed by atoms with Gasteiger partial charge in [0.05, 0.1) is 5.69 Å². The molecule has 0 amide bonds. The van der Waals surface area contributed by atoms with Crippen LogP contribution in [0.3, 0.4) is 0 Å². The van der Waals surface area contributed by atoms with E-state index in [1.807, 2.05) is 0 Å². The number of halogens is 6. The molecule has 7 nitrogen and oxygen atoms in total. The first kappa shape index (κ1) is 27.1. The Bertz CT molecular complexity index is 1070. The van der Waals surface area contributed by atoms with Crippen molar-refractivity contribution in [1.29, 1.82) is 0 Å². The number of rotatable bonds is 8. The second-order valence-electron chi connectivity index (χ2n) is 7.85. The van der Waals surface area contributed by atoms with Crippen LogP contribution in [0.15, 0.2) is 24.4 Å². The van der Waals surface area contributed by atoms with Crippen molar-refractivity contribution in [2.45, 2.75) is 45.3 Å². The molecule has 1 fully saturated rings. The van der Waals surface area contributed by atoms with Crippen LogP contribution < -0.4 is 25.4 Å². The summed E-state index contributed by atoms with van der Waals surface area (Å²) in [5, 5.41) is 5.72. The monoisotopic (exact) mass is 526 g/mol. The van der Waals surface area contributed by atoms with E-state index in [0.717, 1.165) is 6.07 Å². The van der Waals surface area contributed by atoms with Gasteiger partial charge in [-0.2, -0.15) is 18.2 Å². The Morgan fingerprint density at radius 1 is 1.11 bits per heavy atom. The Balaban J connectivity index is 1.98. The van der Waals surface area contributed by atoms with Crippen molar-refractivity contribution in [2.75, 3.05) is 30.7 Å². The Morgan fingerprint density at radius 3 is 2.34 bits per heavy atom. The minimum atomic E-state index is -5.07. The van der Waals surface area contributed by atoms with Gasteiger partial charge in [0.15, 0.2) is 5.75 Å². The molecule has 14 heteroatoms. The summed E-state index contributed by atoms with van der Waals surface area (Å²) < 4.78 is 102. The van der Waals surface area contributed by atoms with Crippen LogP contribution in [-0.4, -0.2) is 47.8 Å². The number of aromatic nitrogens is 2. The number of alkyl halides is 6. The molecule has 194 valence electrons. The fraction of sp³-hybridized carbons (Fsp3) is 0.524. The predicted molar refractivity (Wildman–Crippen MR) is 118 cm³/mol. The maximum absolute atomic E-state index is 13.5. The number of piperidine rings is 1. The maximum Gasteiger partial charge on any atom is 0.573 e. The number of benzene rings is 1. The zero-order valence-electron chi connectivity index (χ0n) is 19.0. The minimum Gasteiger partial charge on any atom is -0.474 e. The van der Waals surface area contributed by atoms with E-state index in [0.29, 0.717) is 32.1 Å². The topological polar surface area (TPSA) is 85.4 Å². The van der Waals surface area contributed by atoms with E-state index in [9.17, 15) is 30.9 Å². The molecule has 2 aromatic rings. The van der Waals surface area contributed by atoms with Gasteiger partial charge >= 0.3 is 12.5 Å². The summed E-state index contributed by atoms with van der Waals surface area (Å²) in [6, 6.07) is 3.60. The maximum atomic E-state index is 13.5. The van der Waals surface area contributed by atoms with Gasteiger partial charge < -0.3 is 24.7 Å². The Labute approximate surface area is 198 Å². The minimum absolute atomic E-state index is 0.190. The summed E-state index contributed by atoms with van der Waals surface area (Å²) in [6.45, 7) is 4.46. The molecule has 1 aliphatic heterocycles. The fourth-order valence-corrected chi connectivity index (χ4v) is 5.44. The van der Waals surface area contributed by atoms with Crippen LogP contribution in [0.4, 0.5) is 38.0 Å². The highest BCUT2D eigenvalue weighted by Crippen LogP contribution is 2.45. The molecule has 35 heavy (non-hydrogen) atoms. The van der Waals surface area contributed by atoms with E-state index in [1.54, 1.807) is 13.8 Å². The average molecular weight is 526 g/mol. The summed E-state index contributed by atoms with van der Waals surface area (Å²) in [5.41, 5.74) is -1.46. The number of ether oxygens (including phenoxy) is 2. The van der Waals surface area contributed by atoms with Gasteiger partial charge in [-0.15, -0.1) is 13.2 Å². The number of anilines is 2. The molecule has 0 spiro atoms. The van der Waals surface area contributed by atoms with Gasteiger partial charge in [-0.05, 0) is 44.1 Å². The number of hydrogen-bond acceptors (Lipinski definition) is 7. The lowest BCUT2D eigenvalue weighted by molar-refractivity contribution is -0.274. The standard InChI is InChI=1S/C21H25F6N4O3P/c1-3-35(32,4-2)14-5-6-16(17(11-14)34-21(25,26)27)30-19-29-12-15(20(22,23)24)18(31-19)33-13-7-9-28-10-8-13/h5-6,11-13,28H,3-4,7-10H2,1-2H3,(H,29,30,31). The molecule has 0 saturated carbocycles. The second-order valence-corrected chi connectivity index (χ2v) is 11.4. The molecule has 3 rings (SSSR count). The Hall–Kier alpha value is -2.53. The van der Waals surface area contributed by atoms with Crippen LogP contribution in [0, 0.1) is 0 Å². The van der Waals surface area contributed by atoms with Gasteiger partial charge in [0, 0.05) is 23.8 Å². The zero-order chi connectivity index (χ0) is 25.9. The molecule has 0 bridgehead atoms. The lowest BCUT2D eigenvalue weighted by Crippen LogP contribution is -2.34. The van der Waals surface area contributed by atoms with Gasteiger partial charge in [0.25, 0.3) is 0 Å². The molecule has 0 aliphatic carbocycles. The van der Waals surface area contributed by atoms with Crippen molar-refractivity contribution in [3.8, 4) is 11.6 Å². The van der Waals surface area contributed by atoms with Crippen molar-refractivity contribution in [1.82, 2.24) is 15.3 Å². The number of nitrogens with zero attached hydrogens (tertiary/aromatic N) is 2. The molecule has 2 N–H and O–H groups in total. The molecule has 1 aromatic carbocycles. The van der Waals surface area contributed by atoms with Gasteiger partial charge in [0.1, 0.15) is 18.8 Å². The van der Waals surface area contributed by atoms with Gasteiger partial charge in [-0.3, -0.25) is 0 Å². The molecule has 0 unspecified atom stereocenters. The highest BCUT2D eigenvalue weighted by molar-refractivity contribution is 7.71. The summed E-state index contributed by atoms with van der Waals surface area (Å²) >= 11 is 0. The third kappa shape index (κ3) is 7.00. The normalized spacial score (nSPS) is 15.7. The van der Waals surface area contributed by atoms with Gasteiger partial charge in [0.2, 0.25) is 11.8 Å². The summed E-state index contributed by atoms with van der Waals surface area (Å²) in [6.07, 6.45) is -8.47. The van der Waals surface area contributed by atoms with Crippen LogP contribution in [0.2, 0.25) is 0 Å². The van der Waals surface area contributed by atoms with Crippen LogP contribution in [-0.2, 0) is 10.7 Å². The number of hydrogen-bond donors (Lipinski definition) is 2. The van der Waals surface area contributed by atoms with Crippen molar-refractivity contribution in [3.05, 3.63) is 30.0 Å². The summed E-state index contributed by atoms with van der Waals surface area (Å²) in [5.74, 6) is -1.85. The molecule has 1 aromatic heterocycles. The number of nitrogens with one attached hydrogen (secondary N) is 2. The molecule has 2 heterocycles. The van der Waals surface area contributed by atoms with Crippen molar-refractivity contribution >= 4 is 24.1 Å². The molecule has 1 saturated heterocycles. The molecule has 1 aliphatic rings. The molecular weight excluding hydrogens is 501 g/mol. The van der Waals surface area contributed by atoms with E-state index in [2.05, 4.69) is 25.3 Å². The van der Waals surface area contributed by atoms with Gasteiger partial charge in [-0.1, -0.05) is 13.8 Å². The largest absolute Gasteiger partial charge is 0.573 e. The van der Waals surface area contributed by atoms with Crippen LogP contribution in [0.25, 0.3) is 0 Å². The Morgan fingerprint density at radius 2 is 1.77 bits per heavy atom. The van der Waals surface area contributed by atoms with E-state index < -0.39 is 48.9 Å². The van der Waals surface area contributed by atoms with Crippen molar-refractivity contribution in [3.63, 3.8) is 0 Å². The first-order valence-electron chi connectivity index (χ1n) is 10.9. The first-order valence-corrected chi connectivity index (χ1v) is 13.0. The van der Waals surface area contributed by atoms with Gasteiger partial charge in [-0.25, -0.2) is 4.98 Å². The lowest BCUT2D eigenvalue weighted by Gasteiger charge is -2.25. The highest BCUT2D eigenvalue weighted by atomic mass is 31.2. The lowest BCUT2D eigenvalue weighted by atomic mass is 10.1. The highest BCUT2D eigenvalue weighted by Gasteiger charge is 2.37. The van der Waals surface area contributed by atoms with E-state index in [4.69, 9.17) is 4.74 Å². The SMILES string of the molecule is CCP(=O)(CC)c1ccc(Nc2ncc(C(F)(F)F)c(OC3CCNCC3)n2)c(OC(F)(F)F)c1. The third-order valence-electron chi connectivity index (χ3n) is 5.55. The molecular formula is C21H25F6N4O3P. The van der Waals surface area contributed by atoms with Crippen LogP contribution in [0.5, 0.6) is 11.6 Å². The smallest absolute Gasteiger partial charge is 0.474 e. The average Bonchev–Trinajstić information content (AvgIpc) is 2.79. The molecule has 0 atom stereocenters. The summed E-state index contributed by atoms with van der Waals surface area (Å²) in [4.78, 5) is 7.40. The van der Waals surface area contributed by atoms with E-state index in [1.165, 1.54) is 12.1 Å². The summed E-state index contributed by atoms with van der Waals surface area (Å²) in [7, 11) is -2.94. The third-order valence-corrected chi connectivity index (χ3v) is 8.82. The Kier molecular flexibility index (Phi) is 8.21. The van der Waals surface area contributed by atoms with Crippen LogP contribution in [0.1, 0.15) is 32.3 Å². The van der Waals surface area contributed by atoms with Crippen LogP contribution >= 0.6 is 7.14 Å². The van der Waals surface area contributed by atoms with E-state index in [-0.39, 0.29) is 23.3 Å². The van der Waals surface area contributed by atoms with Crippen molar-refractivity contribution in [2.24, 2.45) is 0 Å². The predicted octanol–water partition coefficient (Wildman–Crippen LogP) is 5.30. The quantitative estimate of drug-likeness (QED) is 0.357. The first-order chi connectivity index (χ1) is 16.3. The van der Waals surface area contributed by atoms with E-state index >= 15 is 0 Å². The van der Waals surface area contributed by atoms with Crippen molar-refractivity contribution < 1.29 is 40.4 Å². The second kappa shape index (κ2) is 10.6.